The van der Waals surface area contributed by atoms with Crippen LogP contribution in [0.1, 0.15) is 26.2 Å². The summed E-state index contributed by atoms with van der Waals surface area (Å²) >= 11 is 0. The summed E-state index contributed by atoms with van der Waals surface area (Å²) in [6.07, 6.45) is 2.36. The summed E-state index contributed by atoms with van der Waals surface area (Å²) in [6, 6.07) is 0.285. The third-order valence-corrected chi connectivity index (χ3v) is 2.57. The van der Waals surface area contributed by atoms with Crippen molar-refractivity contribution in [2.45, 2.75) is 38.3 Å². The van der Waals surface area contributed by atoms with Crippen LogP contribution in [0.3, 0.4) is 0 Å². The van der Waals surface area contributed by atoms with Gasteiger partial charge in [-0.3, -0.25) is 10.3 Å². The normalized spacial score (nSPS) is 27.1. The van der Waals surface area contributed by atoms with Crippen molar-refractivity contribution in [2.75, 3.05) is 13.1 Å². The summed E-state index contributed by atoms with van der Waals surface area (Å²) in [4.78, 5) is 2.20. The molecule has 4 heteroatoms. The van der Waals surface area contributed by atoms with Crippen LogP contribution in [-0.4, -0.2) is 41.1 Å². The first-order chi connectivity index (χ1) is 6.09. The van der Waals surface area contributed by atoms with Gasteiger partial charge in [0.2, 0.25) is 0 Å². The molecule has 1 aliphatic heterocycles. The van der Waals surface area contributed by atoms with E-state index in [1.54, 1.807) is 0 Å². The Labute approximate surface area is 79.2 Å². The van der Waals surface area contributed by atoms with Crippen molar-refractivity contribution in [1.82, 2.24) is 4.90 Å². The van der Waals surface area contributed by atoms with Crippen molar-refractivity contribution in [3.63, 3.8) is 0 Å². The Bertz CT molecular complexity index is 184. The van der Waals surface area contributed by atoms with Gasteiger partial charge in [-0.1, -0.05) is 0 Å². The fraction of sp³-hybridized carbons (Fsp3) is 0.889. The van der Waals surface area contributed by atoms with Crippen LogP contribution in [0.5, 0.6) is 0 Å². The molecule has 1 aliphatic rings. The lowest BCUT2D eigenvalue weighted by Gasteiger charge is -2.34. The molecule has 2 atom stereocenters. The molecular weight excluding hydrogens is 166 g/mol. The summed E-state index contributed by atoms with van der Waals surface area (Å²) in [6.45, 7) is 3.80. The molecule has 4 N–H and O–H groups in total. The second-order valence-corrected chi connectivity index (χ2v) is 3.87. The highest BCUT2D eigenvalue weighted by molar-refractivity contribution is 5.77. The largest absolute Gasteiger partial charge is 0.392 e. The number of aliphatic hydroxyl groups excluding tert-OH is 1. The number of nitrogens with one attached hydrogen (secondary N) is 1. The molecule has 13 heavy (non-hydrogen) atoms. The van der Waals surface area contributed by atoms with Crippen molar-refractivity contribution in [3.8, 4) is 0 Å². The number of likely N-dealkylation sites (tertiary alicyclic amines) is 1. The quantitative estimate of drug-likeness (QED) is 0.433. The second kappa shape index (κ2) is 4.58. The maximum absolute atomic E-state index is 9.44. The number of amidine groups is 1. The number of piperidine rings is 1. The van der Waals surface area contributed by atoms with Gasteiger partial charge >= 0.3 is 0 Å². The third kappa shape index (κ3) is 3.32. The molecule has 2 unspecified atom stereocenters. The van der Waals surface area contributed by atoms with Crippen molar-refractivity contribution in [3.05, 3.63) is 0 Å². The standard InChI is InChI=1S/C9H19N3O/c1-7(5-9(10)11)12-4-2-3-8(13)6-12/h7-8,13H,2-6H2,1H3,(H3,10,11). The van der Waals surface area contributed by atoms with Gasteiger partial charge in [0.25, 0.3) is 0 Å². The number of hydrogen-bond donors (Lipinski definition) is 3. The molecule has 0 amide bonds. The van der Waals surface area contributed by atoms with Crippen LogP contribution in [0.15, 0.2) is 0 Å². The summed E-state index contributed by atoms with van der Waals surface area (Å²) in [5.74, 6) is 0.229. The Morgan fingerprint density at radius 3 is 3.00 bits per heavy atom. The first-order valence-electron chi connectivity index (χ1n) is 4.84. The molecule has 1 fully saturated rings. The van der Waals surface area contributed by atoms with Crippen LogP contribution in [0.2, 0.25) is 0 Å². The first-order valence-corrected chi connectivity index (χ1v) is 4.84. The van der Waals surface area contributed by atoms with E-state index in [1.807, 2.05) is 0 Å². The van der Waals surface area contributed by atoms with Crippen LogP contribution in [0.4, 0.5) is 0 Å². The van der Waals surface area contributed by atoms with Crippen LogP contribution >= 0.6 is 0 Å². The van der Waals surface area contributed by atoms with Gasteiger partial charge in [0.05, 0.1) is 11.9 Å². The zero-order valence-electron chi connectivity index (χ0n) is 8.16. The molecule has 0 bridgehead atoms. The maximum Gasteiger partial charge on any atom is 0.0920 e. The maximum atomic E-state index is 9.44. The van der Waals surface area contributed by atoms with Crippen molar-refractivity contribution in [1.29, 1.82) is 5.41 Å². The molecule has 0 spiro atoms. The molecule has 0 saturated carbocycles. The van der Waals surface area contributed by atoms with Gasteiger partial charge in [-0.2, -0.15) is 0 Å². The Kier molecular flexibility index (Phi) is 3.69. The van der Waals surface area contributed by atoms with E-state index in [0.29, 0.717) is 6.42 Å². The van der Waals surface area contributed by atoms with Gasteiger partial charge in [-0.05, 0) is 26.3 Å². The predicted molar refractivity (Wildman–Crippen MR) is 52.8 cm³/mol. The second-order valence-electron chi connectivity index (χ2n) is 3.87. The van der Waals surface area contributed by atoms with Crippen molar-refractivity contribution >= 4 is 5.84 Å². The zero-order chi connectivity index (χ0) is 9.84. The van der Waals surface area contributed by atoms with Crippen LogP contribution in [0, 0.1) is 5.41 Å². The molecule has 0 aromatic carbocycles. The molecule has 76 valence electrons. The third-order valence-electron chi connectivity index (χ3n) is 2.57. The Hall–Kier alpha value is -0.610. The highest BCUT2D eigenvalue weighted by Gasteiger charge is 2.21. The fourth-order valence-electron chi connectivity index (χ4n) is 1.83. The van der Waals surface area contributed by atoms with Crippen LogP contribution < -0.4 is 5.73 Å². The van der Waals surface area contributed by atoms with Gasteiger partial charge < -0.3 is 10.8 Å². The Morgan fingerprint density at radius 2 is 2.46 bits per heavy atom. The minimum atomic E-state index is -0.192. The SMILES string of the molecule is CC(CC(=N)N)N1CCCC(O)C1. The van der Waals surface area contributed by atoms with Gasteiger partial charge in [0.15, 0.2) is 0 Å². The molecule has 1 rings (SSSR count). The lowest BCUT2D eigenvalue weighted by atomic mass is 10.1. The molecule has 1 heterocycles. The number of hydrogen-bond acceptors (Lipinski definition) is 3. The van der Waals surface area contributed by atoms with E-state index in [2.05, 4.69) is 11.8 Å². The molecule has 0 radical (unpaired) electrons. The topological polar surface area (TPSA) is 73.3 Å². The Balaban J connectivity index is 2.36. The van der Waals surface area contributed by atoms with E-state index in [-0.39, 0.29) is 18.0 Å². The van der Waals surface area contributed by atoms with Crippen LogP contribution in [-0.2, 0) is 0 Å². The predicted octanol–water partition coefficient (Wildman–Crippen LogP) is 0.158. The zero-order valence-corrected chi connectivity index (χ0v) is 8.16. The lowest BCUT2D eigenvalue weighted by molar-refractivity contribution is 0.0521. The number of aliphatic hydroxyl groups is 1. The van der Waals surface area contributed by atoms with Crippen molar-refractivity contribution < 1.29 is 5.11 Å². The first kappa shape index (κ1) is 10.5. The number of rotatable bonds is 3. The van der Waals surface area contributed by atoms with E-state index in [9.17, 15) is 5.11 Å². The smallest absolute Gasteiger partial charge is 0.0920 e. The molecule has 4 nitrogen and oxygen atoms in total. The average molecular weight is 185 g/mol. The number of nitrogens with two attached hydrogens (primary N) is 1. The number of nitrogens with zero attached hydrogens (tertiary/aromatic N) is 1. The van der Waals surface area contributed by atoms with E-state index in [4.69, 9.17) is 11.1 Å². The molecule has 0 aliphatic carbocycles. The van der Waals surface area contributed by atoms with E-state index < -0.39 is 0 Å². The highest BCUT2D eigenvalue weighted by Crippen LogP contribution is 2.14. The minimum Gasteiger partial charge on any atom is -0.392 e. The highest BCUT2D eigenvalue weighted by atomic mass is 16.3. The summed E-state index contributed by atoms with van der Waals surface area (Å²) in [5, 5.41) is 16.6. The van der Waals surface area contributed by atoms with E-state index >= 15 is 0 Å². The molecule has 0 aromatic rings. The summed E-state index contributed by atoms with van der Waals surface area (Å²) < 4.78 is 0. The lowest BCUT2D eigenvalue weighted by Crippen LogP contribution is -2.44. The summed E-state index contributed by atoms with van der Waals surface area (Å²) in [5.41, 5.74) is 5.33. The molecule has 1 saturated heterocycles. The van der Waals surface area contributed by atoms with Gasteiger partial charge in [-0.15, -0.1) is 0 Å². The molecular formula is C9H19N3O. The van der Waals surface area contributed by atoms with E-state index in [0.717, 1.165) is 25.9 Å². The fourth-order valence-corrected chi connectivity index (χ4v) is 1.83. The van der Waals surface area contributed by atoms with E-state index in [1.165, 1.54) is 0 Å². The molecule has 0 aromatic heterocycles. The Morgan fingerprint density at radius 1 is 1.77 bits per heavy atom. The average Bonchev–Trinajstić information content (AvgIpc) is 2.03. The minimum absolute atomic E-state index is 0.192. The van der Waals surface area contributed by atoms with Gasteiger partial charge in [0.1, 0.15) is 0 Å². The van der Waals surface area contributed by atoms with Gasteiger partial charge in [-0.25, -0.2) is 0 Å². The monoisotopic (exact) mass is 185 g/mol. The van der Waals surface area contributed by atoms with Crippen molar-refractivity contribution in [2.24, 2.45) is 5.73 Å². The van der Waals surface area contributed by atoms with Gasteiger partial charge in [0, 0.05) is 19.0 Å². The summed E-state index contributed by atoms with van der Waals surface area (Å²) in [7, 11) is 0. The number of β-amino-alcohol motifs (C(OH)–C–C–N with tert-alkyl or cyclic N) is 1. The van der Waals surface area contributed by atoms with Crippen LogP contribution in [0.25, 0.3) is 0 Å².